The Morgan fingerprint density at radius 2 is 1.27 bits per heavy atom. The van der Waals surface area contributed by atoms with Crippen LogP contribution in [0.1, 0.15) is 186 Å². The summed E-state index contributed by atoms with van der Waals surface area (Å²) in [5.74, 6) is 2.05. The first-order valence-corrected chi connectivity index (χ1v) is 26.1. The number of rotatable bonds is 16. The highest BCUT2D eigenvalue weighted by molar-refractivity contribution is 6.12. The van der Waals surface area contributed by atoms with Gasteiger partial charge in [0.15, 0.2) is 0 Å². The quantitative estimate of drug-likeness (QED) is 0.0629. The largest absolute Gasteiger partial charge is 0.337 e. The van der Waals surface area contributed by atoms with Crippen LogP contribution in [0.15, 0.2) is 132 Å². The maximum atomic E-state index is 4.03. The number of benzene rings is 4. The number of anilines is 4. The lowest BCUT2D eigenvalue weighted by Crippen LogP contribution is -2.23. The Morgan fingerprint density at radius 3 is 1.83 bits per heavy atom. The zero-order valence-electron chi connectivity index (χ0n) is 42.7. The van der Waals surface area contributed by atoms with Gasteiger partial charge in [-0.1, -0.05) is 191 Å². The van der Waals surface area contributed by atoms with Gasteiger partial charge in [-0.05, 0) is 139 Å². The third kappa shape index (κ3) is 11.5. The highest BCUT2D eigenvalue weighted by Gasteiger charge is 2.29. The first-order chi connectivity index (χ1) is 31.9. The summed E-state index contributed by atoms with van der Waals surface area (Å²) < 4.78 is 0. The van der Waals surface area contributed by atoms with Crippen LogP contribution in [0.3, 0.4) is 0 Å². The van der Waals surface area contributed by atoms with E-state index in [1.807, 2.05) is 0 Å². The van der Waals surface area contributed by atoms with Crippen molar-refractivity contribution in [2.45, 2.75) is 164 Å². The van der Waals surface area contributed by atoms with Crippen LogP contribution in [-0.4, -0.2) is 13.1 Å². The van der Waals surface area contributed by atoms with Gasteiger partial charge in [-0.15, -0.1) is 5.73 Å². The standard InChI is InChI=1S/C64H82N2/c1-11-22-49(46(4)5)28-21-44-65(57-38-34-55(35-39-57)64(8,9)10)62-58-40-31-53(51-24-16-14-17-25-51)32-41-59(58)63(61-45-54(33-42-60(61)62)52-26-18-15-19-27-52)66(43-20-23-48(12-2)13-3)56-36-29-50(30-37-56)47(6)7/h12,20-23,28-30,32-42,45-47,51-52H,11,13-19,24-27,43-44H2,1-10H3/b23-20-,28-21-,48-12-,49-22+. The summed E-state index contributed by atoms with van der Waals surface area (Å²) in [6.45, 7) is 24.4. The fourth-order valence-corrected chi connectivity index (χ4v) is 10.7. The predicted molar refractivity (Wildman–Crippen MR) is 292 cm³/mol. The second-order valence-corrected chi connectivity index (χ2v) is 21.1. The molecule has 348 valence electrons. The van der Waals surface area contributed by atoms with Crippen molar-refractivity contribution in [2.75, 3.05) is 22.9 Å². The Balaban J connectivity index is 1.58. The lowest BCUT2D eigenvalue weighted by atomic mass is 9.82. The molecule has 7 rings (SSSR count). The smallest absolute Gasteiger partial charge is 0.0580 e. The summed E-state index contributed by atoms with van der Waals surface area (Å²) in [6.07, 6.45) is 36.6. The Labute approximate surface area is 401 Å². The zero-order valence-corrected chi connectivity index (χ0v) is 42.7. The van der Waals surface area contributed by atoms with Crippen molar-refractivity contribution in [3.8, 4) is 0 Å². The number of fused-ring (bicyclic) bond motifs is 2. The van der Waals surface area contributed by atoms with Crippen LogP contribution in [-0.2, 0) is 5.41 Å². The molecule has 2 heteroatoms. The summed E-state index contributed by atoms with van der Waals surface area (Å²) in [7, 11) is 0. The second-order valence-electron chi connectivity index (χ2n) is 21.1. The molecule has 3 aliphatic carbocycles. The monoisotopic (exact) mass is 879 g/mol. The van der Waals surface area contributed by atoms with Gasteiger partial charge in [0.25, 0.3) is 0 Å². The van der Waals surface area contributed by atoms with E-state index in [1.54, 1.807) is 0 Å². The van der Waals surface area contributed by atoms with Crippen molar-refractivity contribution in [2.24, 2.45) is 11.8 Å². The van der Waals surface area contributed by atoms with E-state index in [-0.39, 0.29) is 5.41 Å². The number of allylic oxidation sites excluding steroid dienone is 8. The summed E-state index contributed by atoms with van der Waals surface area (Å²) in [4.78, 5) is 5.26. The van der Waals surface area contributed by atoms with Gasteiger partial charge in [0.1, 0.15) is 0 Å². The molecule has 0 aromatic heterocycles. The van der Waals surface area contributed by atoms with Gasteiger partial charge < -0.3 is 9.80 Å². The van der Waals surface area contributed by atoms with Crippen LogP contribution in [0, 0.1) is 11.8 Å². The Hall–Kier alpha value is -5.04. The van der Waals surface area contributed by atoms with Gasteiger partial charge in [0.05, 0.1) is 11.4 Å². The molecule has 0 N–H and O–H groups in total. The molecule has 0 unspecified atom stereocenters. The van der Waals surface area contributed by atoms with E-state index in [1.165, 1.54) is 142 Å². The Bertz CT molecular complexity index is 2470. The van der Waals surface area contributed by atoms with Crippen LogP contribution in [0.25, 0.3) is 22.9 Å². The molecule has 3 aliphatic rings. The van der Waals surface area contributed by atoms with E-state index in [0.29, 0.717) is 23.7 Å². The van der Waals surface area contributed by atoms with Gasteiger partial charge in [-0.3, -0.25) is 0 Å². The fourth-order valence-electron chi connectivity index (χ4n) is 10.7. The number of hydrogen-bond acceptors (Lipinski definition) is 2. The minimum atomic E-state index is 0.0608. The average molecular weight is 879 g/mol. The second kappa shape index (κ2) is 22.6. The minimum absolute atomic E-state index is 0.0608. The summed E-state index contributed by atoms with van der Waals surface area (Å²) in [5, 5.41) is 2.64. The zero-order chi connectivity index (χ0) is 46.8. The van der Waals surface area contributed by atoms with E-state index in [4.69, 9.17) is 0 Å². The van der Waals surface area contributed by atoms with Crippen LogP contribution in [0.5, 0.6) is 0 Å². The molecule has 2 saturated carbocycles. The van der Waals surface area contributed by atoms with Crippen molar-refractivity contribution in [1.29, 1.82) is 0 Å². The highest BCUT2D eigenvalue weighted by Crippen LogP contribution is 2.49. The predicted octanol–water partition coefficient (Wildman–Crippen LogP) is 19.2. The Kier molecular flexibility index (Phi) is 16.8. The lowest BCUT2D eigenvalue weighted by molar-refractivity contribution is 0.409. The average Bonchev–Trinajstić information content (AvgIpc) is 3.56. The number of nitrogens with zero attached hydrogens (tertiary/aromatic N) is 2. The van der Waals surface area contributed by atoms with E-state index in [0.717, 1.165) is 25.9 Å². The molecule has 0 heterocycles. The summed E-state index contributed by atoms with van der Waals surface area (Å²) >= 11 is 0. The fraction of sp³-hybridized carbons (Fsp3) is 0.453. The maximum Gasteiger partial charge on any atom is 0.0580 e. The van der Waals surface area contributed by atoms with Crippen molar-refractivity contribution in [3.05, 3.63) is 160 Å². The highest BCUT2D eigenvalue weighted by atomic mass is 15.2. The lowest BCUT2D eigenvalue weighted by Gasteiger charge is -2.34. The SMILES string of the molecule is C/C=C(\C=C/CN(c1ccc(C(C)C)cc1)c1c2c(c(N(C/C=C\C(=C/CC)C(C)C)c3ccc(C(C)(C)C)cc3)c3ccc(C4CCCCC4)cc13)C=C=C(C1CCCCC1)C=C2)CC. The Morgan fingerprint density at radius 1 is 0.682 bits per heavy atom. The topological polar surface area (TPSA) is 6.48 Å². The molecule has 0 radical (unpaired) electrons. The van der Waals surface area contributed by atoms with Crippen LogP contribution in [0.2, 0.25) is 0 Å². The summed E-state index contributed by atoms with van der Waals surface area (Å²) in [5.41, 5.74) is 20.0. The molecule has 0 aliphatic heterocycles. The molecule has 4 aromatic rings. The molecular formula is C64H82N2. The first kappa shape index (κ1) is 48.9. The van der Waals surface area contributed by atoms with Gasteiger partial charge in [0.2, 0.25) is 0 Å². The van der Waals surface area contributed by atoms with E-state index in [9.17, 15) is 0 Å². The molecular weight excluding hydrogens is 797 g/mol. The normalized spacial score (nSPS) is 16.8. The van der Waals surface area contributed by atoms with Crippen molar-refractivity contribution in [1.82, 2.24) is 0 Å². The van der Waals surface area contributed by atoms with Crippen molar-refractivity contribution < 1.29 is 0 Å². The molecule has 2 fully saturated rings. The molecule has 0 bridgehead atoms. The third-order valence-electron chi connectivity index (χ3n) is 14.8. The first-order valence-electron chi connectivity index (χ1n) is 26.1. The minimum Gasteiger partial charge on any atom is -0.337 e. The van der Waals surface area contributed by atoms with E-state index in [2.05, 4.69) is 206 Å². The molecule has 0 amide bonds. The van der Waals surface area contributed by atoms with E-state index >= 15 is 0 Å². The van der Waals surface area contributed by atoms with Crippen molar-refractivity contribution >= 4 is 45.7 Å². The van der Waals surface area contributed by atoms with Gasteiger partial charge in [-0.25, -0.2) is 0 Å². The number of hydrogen-bond donors (Lipinski definition) is 0. The van der Waals surface area contributed by atoms with E-state index < -0.39 is 0 Å². The van der Waals surface area contributed by atoms with Crippen LogP contribution < -0.4 is 9.80 Å². The molecule has 0 atom stereocenters. The molecule has 0 spiro atoms. The molecule has 2 nitrogen and oxygen atoms in total. The van der Waals surface area contributed by atoms with Crippen LogP contribution >= 0.6 is 0 Å². The van der Waals surface area contributed by atoms with Crippen molar-refractivity contribution in [3.63, 3.8) is 0 Å². The summed E-state index contributed by atoms with van der Waals surface area (Å²) in [6, 6.07) is 26.6. The van der Waals surface area contributed by atoms with Gasteiger partial charge in [-0.2, -0.15) is 0 Å². The van der Waals surface area contributed by atoms with Gasteiger partial charge in [0, 0.05) is 46.4 Å². The molecule has 0 saturated heterocycles. The van der Waals surface area contributed by atoms with Gasteiger partial charge >= 0.3 is 0 Å². The molecule has 4 aromatic carbocycles. The van der Waals surface area contributed by atoms with Crippen LogP contribution in [0.4, 0.5) is 22.7 Å². The maximum absolute atomic E-state index is 4.03. The molecule has 66 heavy (non-hydrogen) atoms. The third-order valence-corrected chi connectivity index (χ3v) is 14.8.